The molecule has 1 heterocycles. The van der Waals surface area contributed by atoms with Crippen molar-refractivity contribution in [2.45, 2.75) is 18.8 Å². The second-order valence-electron chi connectivity index (χ2n) is 3.63. The molecule has 1 fully saturated rings. The maximum atomic E-state index is 11.7. The fourth-order valence-corrected chi connectivity index (χ4v) is 1.65. The highest BCUT2D eigenvalue weighted by Crippen LogP contribution is 2.41. The van der Waals surface area contributed by atoms with E-state index < -0.39 is 5.97 Å². The van der Waals surface area contributed by atoms with Gasteiger partial charge in [-0.05, 0) is 18.9 Å². The zero-order chi connectivity index (χ0) is 11.7. The molecule has 0 aromatic carbocycles. The summed E-state index contributed by atoms with van der Waals surface area (Å²) in [5.41, 5.74) is 1.11. The molecule has 0 atom stereocenters. The van der Waals surface area contributed by atoms with E-state index in [1.807, 2.05) is 0 Å². The van der Waals surface area contributed by atoms with Gasteiger partial charge in [0.15, 0.2) is 11.5 Å². The Morgan fingerprint density at radius 2 is 2.38 bits per heavy atom. The Hall–Kier alpha value is -1.91. The van der Waals surface area contributed by atoms with Crippen molar-refractivity contribution in [3.63, 3.8) is 0 Å². The number of rotatable bonds is 4. The largest absolute Gasteiger partial charge is 0.464 e. The average molecular weight is 219 g/mol. The molecule has 1 aliphatic carbocycles. The Morgan fingerprint density at radius 1 is 1.69 bits per heavy atom. The summed E-state index contributed by atoms with van der Waals surface area (Å²) in [5, 5.41) is 3.77. The highest BCUT2D eigenvalue weighted by Gasteiger charge is 2.34. The highest BCUT2D eigenvalue weighted by molar-refractivity contribution is 5.89. The summed E-state index contributed by atoms with van der Waals surface area (Å²) in [5.74, 6) is 0.433. The van der Waals surface area contributed by atoms with Crippen LogP contribution in [-0.4, -0.2) is 29.5 Å². The van der Waals surface area contributed by atoms with Crippen molar-refractivity contribution in [1.29, 1.82) is 0 Å². The summed E-state index contributed by atoms with van der Waals surface area (Å²) in [7, 11) is 1.34. The smallest absolute Gasteiger partial charge is 0.358 e. The van der Waals surface area contributed by atoms with Crippen LogP contribution in [0.5, 0.6) is 0 Å². The zero-order valence-electron chi connectivity index (χ0n) is 9.14. The van der Waals surface area contributed by atoms with Crippen LogP contribution in [0.2, 0.25) is 0 Å². The minimum absolute atomic E-state index is 0.343. The Morgan fingerprint density at radius 3 is 2.81 bits per heavy atom. The molecule has 0 bridgehead atoms. The van der Waals surface area contributed by atoms with E-state index in [9.17, 15) is 4.79 Å². The molecule has 1 aliphatic rings. The molecule has 0 saturated heterocycles. The van der Waals surface area contributed by atoms with Gasteiger partial charge in [0.1, 0.15) is 0 Å². The van der Waals surface area contributed by atoms with Gasteiger partial charge in [-0.1, -0.05) is 6.58 Å². The first kappa shape index (κ1) is 10.6. The van der Waals surface area contributed by atoms with Crippen molar-refractivity contribution < 1.29 is 9.53 Å². The van der Waals surface area contributed by atoms with E-state index in [-0.39, 0.29) is 0 Å². The van der Waals surface area contributed by atoms with Crippen LogP contribution in [0.3, 0.4) is 0 Å². The third kappa shape index (κ3) is 1.54. The van der Waals surface area contributed by atoms with E-state index in [1.54, 1.807) is 6.08 Å². The van der Waals surface area contributed by atoms with E-state index in [0.717, 1.165) is 18.5 Å². The van der Waals surface area contributed by atoms with Gasteiger partial charge in [-0.15, -0.1) is 0 Å². The second-order valence-corrected chi connectivity index (χ2v) is 3.63. The first-order valence-corrected chi connectivity index (χ1v) is 5.03. The minimum atomic E-state index is -0.435. The first-order chi connectivity index (χ1) is 7.72. The fraction of sp³-hybridized carbons (Fsp3) is 0.364. The predicted molar refractivity (Wildman–Crippen MR) is 60.6 cm³/mol. The zero-order valence-corrected chi connectivity index (χ0v) is 9.14. The van der Waals surface area contributed by atoms with Crippen LogP contribution in [0.15, 0.2) is 11.7 Å². The van der Waals surface area contributed by atoms with Gasteiger partial charge >= 0.3 is 5.97 Å². The monoisotopic (exact) mass is 219 g/mol. The summed E-state index contributed by atoms with van der Waals surface area (Å²) in [6.45, 7) is 7.06. The molecule has 0 aliphatic heterocycles. The molecule has 0 unspecified atom stereocenters. The number of hydrogen-bond acceptors (Lipinski definition) is 4. The van der Waals surface area contributed by atoms with Crippen LogP contribution in [0.1, 0.15) is 40.8 Å². The van der Waals surface area contributed by atoms with Gasteiger partial charge in [-0.25, -0.2) is 14.5 Å². The number of carbonyl (C=O) groups excluding carboxylic acids is 1. The molecule has 0 amide bonds. The Bertz CT molecular complexity index is 458. The van der Waals surface area contributed by atoms with Crippen LogP contribution < -0.4 is 0 Å². The van der Waals surface area contributed by atoms with Gasteiger partial charge in [0.2, 0.25) is 0 Å². The number of hydrogen-bond donors (Lipinski definition) is 0. The third-order valence-corrected chi connectivity index (χ3v) is 2.57. The summed E-state index contributed by atoms with van der Waals surface area (Å²) in [6, 6.07) is 0. The highest BCUT2D eigenvalue weighted by atomic mass is 16.5. The standard InChI is InChI=1S/C11H13N3O2/c1-4-8-13-9(7-5-6-7)10(11(15)16-3)14(8)12-2/h4,7H,1-2,5-6H2,3H3. The topological polar surface area (TPSA) is 56.5 Å². The first-order valence-electron chi connectivity index (χ1n) is 5.03. The normalized spacial score (nSPS) is 14.6. The lowest BCUT2D eigenvalue weighted by Crippen LogP contribution is -2.10. The predicted octanol–water partition coefficient (Wildman–Crippen LogP) is 1.65. The molecule has 0 spiro atoms. The molecule has 84 valence electrons. The SMILES string of the molecule is C=Cc1nc(C2CC2)c(C(=O)OC)n1N=C. The lowest BCUT2D eigenvalue weighted by atomic mass is 10.2. The fourth-order valence-electron chi connectivity index (χ4n) is 1.65. The van der Waals surface area contributed by atoms with Crippen molar-refractivity contribution in [3.05, 3.63) is 23.8 Å². The molecule has 0 radical (unpaired) electrons. The Kier molecular flexibility index (Phi) is 2.60. The molecule has 0 N–H and O–H groups in total. The van der Waals surface area contributed by atoms with Gasteiger partial charge in [0.25, 0.3) is 0 Å². The van der Waals surface area contributed by atoms with Crippen LogP contribution in [0.25, 0.3) is 6.08 Å². The lowest BCUT2D eigenvalue weighted by molar-refractivity contribution is 0.0588. The van der Waals surface area contributed by atoms with Gasteiger partial charge in [0.05, 0.1) is 12.8 Å². The van der Waals surface area contributed by atoms with Crippen molar-refractivity contribution in [2.75, 3.05) is 7.11 Å². The summed E-state index contributed by atoms with van der Waals surface area (Å²) in [4.78, 5) is 16.0. The molecule has 1 aromatic rings. The van der Waals surface area contributed by atoms with Gasteiger partial charge in [0, 0.05) is 12.6 Å². The van der Waals surface area contributed by atoms with Crippen molar-refractivity contribution in [2.24, 2.45) is 5.10 Å². The number of methoxy groups -OCH3 is 1. The van der Waals surface area contributed by atoms with Crippen molar-refractivity contribution >= 4 is 18.8 Å². The van der Waals surface area contributed by atoms with Crippen LogP contribution in [0, 0.1) is 0 Å². The number of imidazole rings is 1. The Labute approximate surface area is 93.4 Å². The Balaban J connectivity index is 2.59. The van der Waals surface area contributed by atoms with E-state index in [4.69, 9.17) is 4.74 Å². The molecule has 2 rings (SSSR count). The van der Waals surface area contributed by atoms with Crippen molar-refractivity contribution in [1.82, 2.24) is 9.66 Å². The van der Waals surface area contributed by atoms with Crippen LogP contribution in [0.4, 0.5) is 0 Å². The van der Waals surface area contributed by atoms with Gasteiger partial charge in [-0.3, -0.25) is 0 Å². The van der Waals surface area contributed by atoms with E-state index >= 15 is 0 Å². The summed E-state index contributed by atoms with van der Waals surface area (Å²) < 4.78 is 6.11. The van der Waals surface area contributed by atoms with Crippen LogP contribution in [-0.2, 0) is 4.74 Å². The maximum absolute atomic E-state index is 11.7. The van der Waals surface area contributed by atoms with E-state index in [2.05, 4.69) is 23.4 Å². The molecule has 1 saturated carbocycles. The van der Waals surface area contributed by atoms with Gasteiger partial charge < -0.3 is 4.74 Å². The second kappa shape index (κ2) is 3.92. The molecule has 16 heavy (non-hydrogen) atoms. The van der Waals surface area contributed by atoms with E-state index in [0.29, 0.717) is 17.4 Å². The quantitative estimate of drug-likeness (QED) is 0.571. The molecule has 1 aromatic heterocycles. The van der Waals surface area contributed by atoms with Crippen molar-refractivity contribution in [3.8, 4) is 0 Å². The number of esters is 1. The van der Waals surface area contributed by atoms with E-state index in [1.165, 1.54) is 11.8 Å². The molecule has 5 heteroatoms. The molecular weight excluding hydrogens is 206 g/mol. The van der Waals surface area contributed by atoms with Crippen LogP contribution >= 0.6 is 0 Å². The third-order valence-electron chi connectivity index (χ3n) is 2.57. The molecule has 5 nitrogen and oxygen atoms in total. The maximum Gasteiger partial charge on any atom is 0.358 e. The summed E-state index contributed by atoms with van der Waals surface area (Å²) >= 11 is 0. The molecular formula is C11H13N3O2. The average Bonchev–Trinajstić information content (AvgIpc) is 3.08. The number of nitrogens with zero attached hydrogens (tertiary/aromatic N) is 3. The lowest BCUT2D eigenvalue weighted by Gasteiger charge is -2.02. The summed E-state index contributed by atoms with van der Waals surface area (Å²) in [6.07, 6.45) is 3.65. The number of ether oxygens (including phenoxy) is 1. The number of carbonyl (C=O) groups is 1. The van der Waals surface area contributed by atoms with Gasteiger partial charge in [-0.2, -0.15) is 5.10 Å². The minimum Gasteiger partial charge on any atom is -0.464 e. The number of aromatic nitrogens is 2.